The number of hydrogen-bond donors (Lipinski definition) is 0. The second-order valence-corrected chi connectivity index (χ2v) is 4.39. The van der Waals surface area contributed by atoms with E-state index in [-0.39, 0.29) is 0 Å². The standard InChI is InChI=1S/C13H15N3O/c1-16(11-4-6-13(17)7-5-11)12-3-2-10(8-14)15-9-12/h2-3,9,11H,4-7H2,1H3. The third-order valence-corrected chi connectivity index (χ3v) is 3.33. The number of carbonyl (C=O) groups is 1. The molecule has 0 spiro atoms. The Morgan fingerprint density at radius 3 is 2.65 bits per heavy atom. The van der Waals surface area contributed by atoms with Gasteiger partial charge in [-0.3, -0.25) is 4.79 Å². The number of carbonyl (C=O) groups excluding carboxylic acids is 1. The van der Waals surface area contributed by atoms with Gasteiger partial charge in [-0.2, -0.15) is 5.26 Å². The van der Waals surface area contributed by atoms with Crippen LogP contribution in [0.25, 0.3) is 0 Å². The Hall–Kier alpha value is -1.89. The van der Waals surface area contributed by atoms with Crippen molar-refractivity contribution in [1.29, 1.82) is 5.26 Å². The number of anilines is 1. The lowest BCUT2D eigenvalue weighted by Crippen LogP contribution is -2.35. The number of hydrogen-bond acceptors (Lipinski definition) is 4. The maximum atomic E-state index is 11.2. The minimum Gasteiger partial charge on any atom is -0.370 e. The number of rotatable bonds is 2. The molecule has 4 nitrogen and oxygen atoms in total. The second kappa shape index (κ2) is 4.96. The highest BCUT2D eigenvalue weighted by Gasteiger charge is 2.22. The molecule has 0 bridgehead atoms. The summed E-state index contributed by atoms with van der Waals surface area (Å²) in [6.07, 6.45) is 4.90. The van der Waals surface area contributed by atoms with E-state index in [2.05, 4.69) is 9.88 Å². The van der Waals surface area contributed by atoms with Gasteiger partial charge in [0.15, 0.2) is 0 Å². The Kier molecular flexibility index (Phi) is 3.38. The summed E-state index contributed by atoms with van der Waals surface area (Å²) in [7, 11) is 2.02. The molecule has 0 aromatic carbocycles. The van der Waals surface area contributed by atoms with Crippen LogP contribution in [-0.4, -0.2) is 23.9 Å². The molecule has 0 amide bonds. The summed E-state index contributed by atoms with van der Waals surface area (Å²) in [6, 6.07) is 6.04. The predicted octanol–water partition coefficient (Wildman–Crippen LogP) is 1.90. The lowest BCUT2D eigenvalue weighted by Gasteiger charge is -2.32. The molecule has 17 heavy (non-hydrogen) atoms. The summed E-state index contributed by atoms with van der Waals surface area (Å²) >= 11 is 0. The van der Waals surface area contributed by atoms with Gasteiger partial charge in [0.1, 0.15) is 17.5 Å². The first-order valence-electron chi connectivity index (χ1n) is 5.81. The van der Waals surface area contributed by atoms with Crippen LogP contribution in [0.5, 0.6) is 0 Å². The van der Waals surface area contributed by atoms with E-state index in [0.29, 0.717) is 30.4 Å². The van der Waals surface area contributed by atoms with Gasteiger partial charge < -0.3 is 4.90 Å². The summed E-state index contributed by atoms with van der Waals surface area (Å²) in [4.78, 5) is 17.4. The van der Waals surface area contributed by atoms with E-state index in [0.717, 1.165) is 18.5 Å². The maximum absolute atomic E-state index is 11.2. The number of aromatic nitrogens is 1. The molecule has 0 N–H and O–H groups in total. The highest BCUT2D eigenvalue weighted by molar-refractivity contribution is 5.79. The normalized spacial score (nSPS) is 16.6. The Labute approximate surface area is 101 Å². The van der Waals surface area contributed by atoms with Gasteiger partial charge in [-0.05, 0) is 25.0 Å². The zero-order valence-corrected chi connectivity index (χ0v) is 9.89. The molecule has 0 unspecified atom stereocenters. The molecular weight excluding hydrogens is 214 g/mol. The van der Waals surface area contributed by atoms with E-state index in [4.69, 9.17) is 5.26 Å². The Balaban J connectivity index is 2.06. The quantitative estimate of drug-likeness (QED) is 0.777. The Bertz CT molecular complexity index is 437. The number of pyridine rings is 1. The van der Waals surface area contributed by atoms with E-state index in [1.165, 1.54) is 0 Å². The van der Waals surface area contributed by atoms with Crippen LogP contribution in [0.1, 0.15) is 31.4 Å². The van der Waals surface area contributed by atoms with Crippen LogP contribution in [-0.2, 0) is 4.79 Å². The number of nitrogens with zero attached hydrogens (tertiary/aromatic N) is 3. The predicted molar refractivity (Wildman–Crippen MR) is 64.6 cm³/mol. The molecule has 1 heterocycles. The molecule has 2 rings (SSSR count). The Morgan fingerprint density at radius 2 is 2.12 bits per heavy atom. The molecule has 0 saturated heterocycles. The average molecular weight is 229 g/mol. The first kappa shape index (κ1) is 11.6. The molecule has 88 valence electrons. The van der Waals surface area contributed by atoms with Gasteiger partial charge in [-0.1, -0.05) is 0 Å². The van der Waals surface area contributed by atoms with Crippen molar-refractivity contribution in [3.63, 3.8) is 0 Å². The van der Waals surface area contributed by atoms with E-state index in [9.17, 15) is 4.79 Å². The zero-order valence-electron chi connectivity index (χ0n) is 9.89. The molecule has 4 heteroatoms. The maximum Gasteiger partial charge on any atom is 0.140 e. The van der Waals surface area contributed by atoms with Gasteiger partial charge >= 0.3 is 0 Å². The van der Waals surface area contributed by atoms with Crippen LogP contribution in [0.15, 0.2) is 18.3 Å². The highest BCUT2D eigenvalue weighted by Crippen LogP contribution is 2.24. The van der Waals surface area contributed by atoms with Gasteiger partial charge in [0, 0.05) is 25.9 Å². The van der Waals surface area contributed by atoms with Crippen LogP contribution in [0.4, 0.5) is 5.69 Å². The first-order valence-corrected chi connectivity index (χ1v) is 5.81. The topological polar surface area (TPSA) is 57.0 Å². The lowest BCUT2D eigenvalue weighted by atomic mass is 9.93. The van der Waals surface area contributed by atoms with Crippen LogP contribution >= 0.6 is 0 Å². The van der Waals surface area contributed by atoms with Crippen molar-refractivity contribution in [3.8, 4) is 6.07 Å². The molecule has 1 aliphatic rings. The fourth-order valence-electron chi connectivity index (χ4n) is 2.18. The smallest absolute Gasteiger partial charge is 0.140 e. The van der Waals surface area contributed by atoms with Crippen LogP contribution in [0.3, 0.4) is 0 Å². The zero-order chi connectivity index (χ0) is 12.3. The van der Waals surface area contributed by atoms with Gasteiger partial charge in [0.2, 0.25) is 0 Å². The lowest BCUT2D eigenvalue weighted by molar-refractivity contribution is -0.120. The fourth-order valence-corrected chi connectivity index (χ4v) is 2.18. The minimum absolute atomic E-state index is 0.368. The van der Waals surface area contributed by atoms with Crippen LogP contribution < -0.4 is 4.90 Å². The third kappa shape index (κ3) is 2.62. The third-order valence-electron chi connectivity index (χ3n) is 3.33. The fraction of sp³-hybridized carbons (Fsp3) is 0.462. The number of ketones is 1. The van der Waals surface area contributed by atoms with Gasteiger partial charge in [-0.25, -0.2) is 4.98 Å². The average Bonchev–Trinajstić information content (AvgIpc) is 2.39. The number of Topliss-reactive ketones (excluding diaryl/α,β-unsaturated/α-hetero) is 1. The summed E-state index contributed by atoms with van der Waals surface area (Å²) in [5, 5.41) is 8.68. The molecular formula is C13H15N3O. The Morgan fingerprint density at radius 1 is 1.41 bits per heavy atom. The summed E-state index contributed by atoms with van der Waals surface area (Å²) in [5.41, 5.74) is 1.43. The first-order chi connectivity index (χ1) is 8.20. The molecule has 1 aromatic heterocycles. The van der Waals surface area contributed by atoms with Gasteiger partial charge in [0.05, 0.1) is 11.9 Å². The largest absolute Gasteiger partial charge is 0.370 e. The van der Waals surface area contributed by atoms with Crippen LogP contribution in [0, 0.1) is 11.3 Å². The van der Waals surface area contributed by atoms with Crippen molar-refractivity contribution < 1.29 is 4.79 Å². The van der Waals surface area contributed by atoms with Crippen molar-refractivity contribution in [2.24, 2.45) is 0 Å². The van der Waals surface area contributed by atoms with E-state index >= 15 is 0 Å². The van der Waals surface area contributed by atoms with E-state index in [1.807, 2.05) is 19.2 Å². The van der Waals surface area contributed by atoms with Crippen molar-refractivity contribution in [2.45, 2.75) is 31.7 Å². The SMILES string of the molecule is CN(c1ccc(C#N)nc1)C1CCC(=O)CC1. The van der Waals surface area contributed by atoms with Crippen LogP contribution in [0.2, 0.25) is 0 Å². The molecule has 0 radical (unpaired) electrons. The molecule has 1 fully saturated rings. The number of nitriles is 1. The van der Waals surface area contributed by atoms with E-state index < -0.39 is 0 Å². The summed E-state index contributed by atoms with van der Waals surface area (Å²) in [5.74, 6) is 0.368. The van der Waals surface area contributed by atoms with E-state index in [1.54, 1.807) is 12.3 Å². The highest BCUT2D eigenvalue weighted by atomic mass is 16.1. The molecule has 1 aromatic rings. The second-order valence-electron chi connectivity index (χ2n) is 4.39. The minimum atomic E-state index is 0.368. The van der Waals surface area contributed by atoms with Gasteiger partial charge in [0.25, 0.3) is 0 Å². The summed E-state index contributed by atoms with van der Waals surface area (Å²) in [6.45, 7) is 0. The molecule has 1 aliphatic carbocycles. The van der Waals surface area contributed by atoms with Crippen molar-refractivity contribution >= 4 is 11.5 Å². The molecule has 0 atom stereocenters. The van der Waals surface area contributed by atoms with Gasteiger partial charge in [-0.15, -0.1) is 0 Å². The molecule has 1 saturated carbocycles. The van der Waals surface area contributed by atoms with Crippen molar-refractivity contribution in [1.82, 2.24) is 4.98 Å². The van der Waals surface area contributed by atoms with Crippen molar-refractivity contribution in [3.05, 3.63) is 24.0 Å². The summed E-state index contributed by atoms with van der Waals surface area (Å²) < 4.78 is 0. The molecule has 0 aliphatic heterocycles. The monoisotopic (exact) mass is 229 g/mol. The van der Waals surface area contributed by atoms with Crippen molar-refractivity contribution in [2.75, 3.05) is 11.9 Å².